The maximum atomic E-state index is 13.0. The fourth-order valence-electron chi connectivity index (χ4n) is 5.48. The number of halogens is 8. The molecule has 368 valence electrons. The molecule has 0 unspecified atom stereocenters. The van der Waals surface area contributed by atoms with E-state index in [1.54, 1.807) is 6.92 Å². The molecule has 0 saturated heterocycles. The second-order valence-corrected chi connectivity index (χ2v) is 13.6. The normalized spacial score (nSPS) is 12.3. The second-order valence-electron chi connectivity index (χ2n) is 13.1. The Bertz CT molecular complexity index is 3220. The minimum atomic E-state index is -4.22. The van der Waals surface area contributed by atoms with Crippen molar-refractivity contribution >= 4 is 81.4 Å². The van der Waals surface area contributed by atoms with Gasteiger partial charge in [-0.05, 0) is 32.4 Å². The Kier molecular flexibility index (Phi) is 20.5. The van der Waals surface area contributed by atoms with E-state index < -0.39 is 106 Å². The number of carbonyl (C=O) groups excluding carboxylic acids is 3. The van der Waals surface area contributed by atoms with Crippen LogP contribution in [0.25, 0.3) is 33.5 Å². The van der Waals surface area contributed by atoms with Crippen LogP contribution in [0.4, 0.5) is 26.3 Å². The maximum absolute atomic E-state index is 13.0. The third-order valence-corrected chi connectivity index (χ3v) is 9.31. The summed E-state index contributed by atoms with van der Waals surface area (Å²) in [6.07, 6.45) is 3.32. The Balaban J connectivity index is 0.000000471. The van der Waals surface area contributed by atoms with Crippen molar-refractivity contribution in [3.63, 3.8) is 0 Å². The van der Waals surface area contributed by atoms with E-state index in [4.69, 9.17) is 15.0 Å². The molecule has 0 aromatic carbocycles. The smallest absolute Gasteiger partial charge is 0.543 e. The summed E-state index contributed by atoms with van der Waals surface area (Å²) < 4.78 is 88.4. The Labute approximate surface area is 405 Å². The van der Waals surface area contributed by atoms with Crippen LogP contribution in [0.3, 0.4) is 0 Å². The number of carboxylic acid groups (broad SMARTS) is 2. The monoisotopic (exact) mass is 1030 g/mol. The summed E-state index contributed by atoms with van der Waals surface area (Å²) in [7, 11) is 5.87. The average Bonchev–Trinajstić information content (AvgIpc) is 4.00. The van der Waals surface area contributed by atoms with E-state index in [-0.39, 0.29) is 73.3 Å². The molecule has 68 heavy (non-hydrogen) atoms. The molecular weight excluding hydrogens is 996 g/mol. The first-order chi connectivity index (χ1) is 30.5. The number of methoxy groups -OCH3 is 2. The van der Waals surface area contributed by atoms with E-state index in [0.29, 0.717) is 9.13 Å². The van der Waals surface area contributed by atoms with Crippen LogP contribution in [0.15, 0.2) is 47.7 Å². The van der Waals surface area contributed by atoms with Crippen molar-refractivity contribution in [1.29, 1.82) is 0 Å². The molecule has 0 bridgehead atoms. The zero-order chi connectivity index (χ0) is 50.6. The van der Waals surface area contributed by atoms with Gasteiger partial charge < -0.3 is 38.2 Å². The van der Waals surface area contributed by atoms with Crippen molar-refractivity contribution in [3.05, 3.63) is 81.5 Å². The zero-order valence-electron chi connectivity index (χ0n) is 36.3. The van der Waals surface area contributed by atoms with Crippen LogP contribution < -0.4 is 68.4 Å². The molecule has 6 rings (SSSR count). The van der Waals surface area contributed by atoms with Gasteiger partial charge in [0.2, 0.25) is 0 Å². The Morgan fingerprint density at radius 2 is 1.00 bits per heavy atom. The minimum absolute atomic E-state index is 0. The molecule has 3 atom stereocenters. The van der Waals surface area contributed by atoms with Crippen molar-refractivity contribution in [1.82, 2.24) is 56.5 Å². The molecule has 6 aromatic rings. The number of alkyl halides is 7. The van der Waals surface area contributed by atoms with Crippen LogP contribution in [0.5, 0.6) is 0 Å². The first-order valence-electron chi connectivity index (χ1n) is 17.7. The summed E-state index contributed by atoms with van der Waals surface area (Å²) in [5.41, 5.74) is -6.50. The van der Waals surface area contributed by atoms with E-state index in [1.807, 2.05) is 0 Å². The van der Waals surface area contributed by atoms with Crippen LogP contribution in [0.2, 0.25) is 0 Å². The molecule has 35 heteroatoms. The molecule has 0 aliphatic rings. The number of H-pyrrole nitrogens is 1. The molecule has 0 fully saturated rings. The van der Waals surface area contributed by atoms with E-state index in [9.17, 15) is 69.5 Å². The molecule has 0 radical (unpaired) electrons. The topological polar surface area (TPSA) is 326 Å². The molecule has 2 N–H and O–H groups in total. The quantitative estimate of drug-likeness (QED) is 0.0605. The van der Waals surface area contributed by atoms with Gasteiger partial charge in [0.15, 0.2) is 33.5 Å². The number of carbonyl (C=O) groups is 4. The fourth-order valence-corrected chi connectivity index (χ4v) is 5.48. The van der Waals surface area contributed by atoms with Gasteiger partial charge >= 0.3 is 83.0 Å². The molecule has 0 amide bonds. The molecule has 0 spiro atoms. The van der Waals surface area contributed by atoms with Gasteiger partial charge in [0.05, 0.1) is 33.2 Å². The van der Waals surface area contributed by atoms with Crippen LogP contribution in [-0.2, 0) is 49.8 Å². The van der Waals surface area contributed by atoms with Gasteiger partial charge in [-0.15, -0.1) is 12.4 Å². The number of nitrogens with one attached hydrogen (secondary N) is 1. The Morgan fingerprint density at radius 3 is 1.32 bits per heavy atom. The largest absolute Gasteiger partial charge is 1.00 e. The van der Waals surface area contributed by atoms with E-state index in [2.05, 4.69) is 41.0 Å². The number of carboxylic acids is 2. The number of aliphatic carboxylic acids is 2. The summed E-state index contributed by atoms with van der Waals surface area (Å²) in [4.78, 5) is 127. The average molecular weight is 1030 g/mol. The van der Waals surface area contributed by atoms with Gasteiger partial charge in [-0.25, -0.2) is 52.9 Å². The van der Waals surface area contributed by atoms with E-state index >= 15 is 0 Å². The van der Waals surface area contributed by atoms with Gasteiger partial charge in [0.25, 0.3) is 16.7 Å². The molecule has 6 aromatic heterocycles. The molecule has 26 nitrogen and oxygen atoms in total. The Hall–Kier alpha value is -6.51. The minimum Gasteiger partial charge on any atom is -0.543 e. The number of fused-ring (bicyclic) bond motifs is 3. The van der Waals surface area contributed by atoms with Crippen LogP contribution in [-0.4, -0.2) is 105 Å². The predicted molar refractivity (Wildman–Crippen MR) is 215 cm³/mol. The summed E-state index contributed by atoms with van der Waals surface area (Å²) in [5.74, 6) is -5.01. The van der Waals surface area contributed by atoms with Gasteiger partial charge in [0, 0.05) is 21.1 Å². The van der Waals surface area contributed by atoms with Gasteiger partial charge in [-0.3, -0.25) is 33.1 Å². The third kappa shape index (κ3) is 12.0. The fraction of sp³-hybridized carbons (Fsp3) is 0.424. The van der Waals surface area contributed by atoms with Gasteiger partial charge in [0.1, 0.15) is 24.1 Å². The second kappa shape index (κ2) is 23.5. The number of nitrogens with zero attached hydrogens (tertiary/aromatic N) is 11. The van der Waals surface area contributed by atoms with Gasteiger partial charge in [-0.2, -0.15) is 26.3 Å². The molecular formula is C33H35Cl2F6N12NaO14. The number of rotatable bonds is 9. The summed E-state index contributed by atoms with van der Waals surface area (Å²) in [6, 6.07) is -2.83. The summed E-state index contributed by atoms with van der Waals surface area (Å²) in [6.45, 7) is -2.09. The molecule has 6 heterocycles. The summed E-state index contributed by atoms with van der Waals surface area (Å²) >= 11 is 3.87. The van der Waals surface area contributed by atoms with Crippen molar-refractivity contribution in [2.75, 3.05) is 14.2 Å². The van der Waals surface area contributed by atoms with Crippen LogP contribution in [0.1, 0.15) is 52.0 Å². The molecule has 0 aliphatic heterocycles. The predicted octanol–water partition coefficient (Wildman–Crippen LogP) is -3.89. The number of aromatic nitrogens is 12. The van der Waals surface area contributed by atoms with Crippen molar-refractivity contribution in [2.24, 2.45) is 21.1 Å². The number of ether oxygens (including phenoxy) is 2. The van der Waals surface area contributed by atoms with Gasteiger partial charge in [-0.1, -0.05) is 0 Å². The number of hydrogen-bond donors (Lipinski definition) is 2. The molecule has 0 saturated carbocycles. The third-order valence-electron chi connectivity index (χ3n) is 9.15. The standard InChI is InChI=1S/C11H12F2N4O4.C10H10F2N4O4.C10H12N4O4.C2HClF2O2.ClH.Na/c1-5(9(19)21-3)16-4-14-7-6(16)8(18)15(2)11(20)17(7)10(12)13;1-4(8(18)19)15-3-13-6-5(15)7(17)14(2)10(20)16(6)9(11)12;1-5(9(16)18-3)14-4-11-7-6(14)8(15)13(2)10(17)12-7;3-2(4,5)1(6)7;;/h4-5,10H,1-3H3;3-4,9H,1-2H3,(H,18,19);4-5H,1-3H3,(H,12,17);(H,6,7);1H;/q;;;;;+1/p-1/t5-;4-;5-;;;/m000.../s1. The number of imidazole rings is 3. The Morgan fingerprint density at radius 1 is 0.676 bits per heavy atom. The first-order valence-corrected chi connectivity index (χ1v) is 18.1. The SMILES string of the molecule is COC(=O)[C@H](C)n1cnc2[nH]c(=O)n(C)c(=O)c21.COC(=O)[C@H](C)n1cnc2c1c(=O)n(C)c(=O)n2C(F)F.C[C@@H](C(=O)O)n1cnc2c1c(=O)n(C)c(=O)n2C(F)F.Cl.O=C([O-])C(F)(F)Cl.[Na+]. The van der Waals surface area contributed by atoms with E-state index in [0.717, 1.165) is 47.6 Å². The van der Waals surface area contributed by atoms with Crippen molar-refractivity contribution in [3.8, 4) is 0 Å². The molecule has 0 aliphatic carbocycles. The number of esters is 2. The number of hydrogen-bond acceptors (Lipinski definition) is 16. The maximum Gasteiger partial charge on any atom is 1.00 e. The van der Waals surface area contributed by atoms with E-state index in [1.165, 1.54) is 38.9 Å². The number of aromatic amines is 1. The van der Waals surface area contributed by atoms with Crippen LogP contribution in [0, 0.1) is 0 Å². The summed E-state index contributed by atoms with van der Waals surface area (Å²) in [5, 5.41) is 13.7. The van der Waals surface area contributed by atoms with Crippen LogP contribution >= 0.6 is 24.0 Å². The van der Waals surface area contributed by atoms with Crippen molar-refractivity contribution < 1.29 is 94.8 Å². The van der Waals surface area contributed by atoms with Crippen molar-refractivity contribution in [2.45, 2.75) is 57.4 Å². The first kappa shape index (κ1) is 59.5. The zero-order valence-corrected chi connectivity index (χ0v) is 39.9.